The highest BCUT2D eigenvalue weighted by Crippen LogP contribution is 2.40. The van der Waals surface area contributed by atoms with Crippen molar-refractivity contribution in [2.24, 2.45) is 0 Å². The number of nitrogens with one attached hydrogen (secondary N) is 1. The Morgan fingerprint density at radius 2 is 1.58 bits per heavy atom. The van der Waals surface area contributed by atoms with E-state index in [-0.39, 0.29) is 11.8 Å². The van der Waals surface area contributed by atoms with E-state index >= 15 is 0 Å². The molecule has 1 N–H and O–H groups in total. The summed E-state index contributed by atoms with van der Waals surface area (Å²) in [4.78, 5) is 30.4. The first kappa shape index (κ1) is 23.1. The molecule has 1 heterocycles. The fraction of sp³-hybridized carbons (Fsp3) is 0.481. The largest absolute Gasteiger partial charge is 0.497 e. The number of anilines is 1. The average Bonchev–Trinajstić information content (AvgIpc) is 2.89. The quantitative estimate of drug-likeness (QED) is 0.699. The second kappa shape index (κ2) is 10.7. The average molecular weight is 450 g/mol. The third kappa shape index (κ3) is 5.32. The van der Waals surface area contributed by atoms with E-state index in [1.807, 2.05) is 47.4 Å². The molecule has 0 atom stereocenters. The molecule has 176 valence electrons. The lowest BCUT2D eigenvalue weighted by molar-refractivity contribution is -0.132. The van der Waals surface area contributed by atoms with Gasteiger partial charge in [-0.15, -0.1) is 0 Å². The van der Waals surface area contributed by atoms with Gasteiger partial charge < -0.3 is 19.9 Å². The maximum atomic E-state index is 13.4. The highest BCUT2D eigenvalue weighted by atomic mass is 16.5. The molecule has 6 nitrogen and oxygen atoms in total. The predicted octanol–water partition coefficient (Wildman–Crippen LogP) is 3.75. The van der Waals surface area contributed by atoms with Crippen LogP contribution < -0.4 is 15.0 Å². The Kier molecular flexibility index (Phi) is 7.53. The minimum absolute atomic E-state index is 0.0501. The van der Waals surface area contributed by atoms with E-state index in [9.17, 15) is 9.59 Å². The number of hydrogen-bond acceptors (Lipinski definition) is 4. The molecule has 2 amide bonds. The number of carbonyl (C=O) groups excluding carboxylic acids is 2. The minimum Gasteiger partial charge on any atom is -0.497 e. The van der Waals surface area contributed by atoms with E-state index in [0.29, 0.717) is 13.0 Å². The van der Waals surface area contributed by atoms with Gasteiger partial charge in [-0.3, -0.25) is 9.59 Å². The van der Waals surface area contributed by atoms with Crippen molar-refractivity contribution >= 4 is 17.5 Å². The number of methoxy groups -OCH3 is 1. The molecule has 6 heteroatoms. The van der Waals surface area contributed by atoms with Crippen LogP contribution in [0.2, 0.25) is 0 Å². The van der Waals surface area contributed by atoms with E-state index in [2.05, 4.69) is 22.3 Å². The van der Waals surface area contributed by atoms with Crippen molar-refractivity contribution in [3.63, 3.8) is 0 Å². The third-order valence-corrected chi connectivity index (χ3v) is 7.16. The number of nitrogens with zero attached hydrogens (tertiary/aromatic N) is 2. The van der Waals surface area contributed by atoms with Gasteiger partial charge in [0.15, 0.2) is 0 Å². The molecule has 1 aliphatic heterocycles. The van der Waals surface area contributed by atoms with Crippen molar-refractivity contribution in [3.8, 4) is 5.75 Å². The summed E-state index contributed by atoms with van der Waals surface area (Å²) in [6, 6.07) is 18.2. The fourth-order valence-electron chi connectivity index (χ4n) is 5.18. The number of carbonyl (C=O) groups is 2. The maximum absolute atomic E-state index is 13.4. The standard InChI is InChI=1S/C27H35N3O3/c1-33-24-12-10-22(11-13-24)27(15-6-3-7-16-27)26(32)28-17-14-25(31)30-20-18-29(19-21-30)23-8-4-2-5-9-23/h2,4-5,8-13H,3,6-7,14-21H2,1H3,(H,28,32). The monoisotopic (exact) mass is 449 g/mol. The Morgan fingerprint density at radius 3 is 2.21 bits per heavy atom. The van der Waals surface area contributed by atoms with Crippen molar-refractivity contribution in [2.75, 3.05) is 44.7 Å². The zero-order valence-corrected chi connectivity index (χ0v) is 19.6. The van der Waals surface area contributed by atoms with Crippen molar-refractivity contribution in [3.05, 3.63) is 60.2 Å². The van der Waals surface area contributed by atoms with Crippen LogP contribution in [0, 0.1) is 0 Å². The zero-order chi connectivity index (χ0) is 23.1. The Bertz CT molecular complexity index is 915. The van der Waals surface area contributed by atoms with Gasteiger partial charge in [0.25, 0.3) is 0 Å². The van der Waals surface area contributed by atoms with Crippen LogP contribution in [0.15, 0.2) is 54.6 Å². The summed E-state index contributed by atoms with van der Waals surface area (Å²) >= 11 is 0. The van der Waals surface area contributed by atoms with Crippen LogP contribution in [0.1, 0.15) is 44.1 Å². The molecule has 0 aromatic heterocycles. The van der Waals surface area contributed by atoms with E-state index in [1.54, 1.807) is 7.11 Å². The van der Waals surface area contributed by atoms with Crippen LogP contribution in [0.25, 0.3) is 0 Å². The van der Waals surface area contributed by atoms with Gasteiger partial charge in [-0.25, -0.2) is 0 Å². The molecule has 0 bridgehead atoms. The smallest absolute Gasteiger partial charge is 0.230 e. The van der Waals surface area contributed by atoms with Crippen LogP contribution in [0.5, 0.6) is 5.75 Å². The number of benzene rings is 2. The molecule has 2 fully saturated rings. The summed E-state index contributed by atoms with van der Waals surface area (Å²) in [6.07, 6.45) is 5.30. The van der Waals surface area contributed by atoms with E-state index < -0.39 is 5.41 Å². The van der Waals surface area contributed by atoms with Gasteiger partial charge in [-0.1, -0.05) is 49.6 Å². The molecule has 1 saturated carbocycles. The molecule has 0 unspecified atom stereocenters. The van der Waals surface area contributed by atoms with Crippen LogP contribution >= 0.6 is 0 Å². The number of para-hydroxylation sites is 1. The lowest BCUT2D eigenvalue weighted by Crippen LogP contribution is -2.50. The molecule has 1 saturated heterocycles. The van der Waals surface area contributed by atoms with Crippen molar-refractivity contribution in [2.45, 2.75) is 43.9 Å². The summed E-state index contributed by atoms with van der Waals surface area (Å²) in [7, 11) is 1.65. The number of amides is 2. The van der Waals surface area contributed by atoms with Crippen molar-refractivity contribution in [1.82, 2.24) is 10.2 Å². The second-order valence-electron chi connectivity index (χ2n) is 9.08. The molecule has 0 radical (unpaired) electrons. The van der Waals surface area contributed by atoms with Crippen molar-refractivity contribution < 1.29 is 14.3 Å². The first-order chi connectivity index (χ1) is 16.1. The topological polar surface area (TPSA) is 61.9 Å². The first-order valence-corrected chi connectivity index (χ1v) is 12.1. The Balaban J connectivity index is 1.29. The number of piperazine rings is 1. The Morgan fingerprint density at radius 1 is 0.909 bits per heavy atom. The first-order valence-electron chi connectivity index (χ1n) is 12.1. The molecule has 4 rings (SSSR count). The molecular weight excluding hydrogens is 414 g/mol. The molecule has 2 aromatic rings. The van der Waals surface area contributed by atoms with Crippen LogP contribution in [0.4, 0.5) is 5.69 Å². The van der Waals surface area contributed by atoms with E-state index in [0.717, 1.165) is 63.2 Å². The normalized spacial score (nSPS) is 18.0. The molecule has 33 heavy (non-hydrogen) atoms. The van der Waals surface area contributed by atoms with Gasteiger partial charge in [-0.05, 0) is 42.7 Å². The number of ether oxygens (including phenoxy) is 1. The summed E-state index contributed by atoms with van der Waals surface area (Å²) < 4.78 is 5.28. The number of hydrogen-bond donors (Lipinski definition) is 1. The third-order valence-electron chi connectivity index (χ3n) is 7.16. The van der Waals surface area contributed by atoms with Crippen LogP contribution in [0.3, 0.4) is 0 Å². The Hall–Kier alpha value is -3.02. The van der Waals surface area contributed by atoms with Gasteiger partial charge in [0, 0.05) is 44.8 Å². The molecule has 2 aromatic carbocycles. The molecule has 0 spiro atoms. The number of rotatable bonds is 7. The predicted molar refractivity (Wildman–Crippen MR) is 131 cm³/mol. The van der Waals surface area contributed by atoms with Crippen LogP contribution in [-0.4, -0.2) is 56.5 Å². The van der Waals surface area contributed by atoms with Gasteiger partial charge in [-0.2, -0.15) is 0 Å². The summed E-state index contributed by atoms with van der Waals surface area (Å²) in [5.74, 6) is 0.960. The van der Waals surface area contributed by atoms with Gasteiger partial charge in [0.05, 0.1) is 12.5 Å². The summed E-state index contributed by atoms with van der Waals surface area (Å²) in [5.41, 5.74) is 1.74. The SMILES string of the molecule is COc1ccc(C2(C(=O)NCCC(=O)N3CCN(c4ccccc4)CC3)CCCCC2)cc1. The molecular formula is C27H35N3O3. The van der Waals surface area contributed by atoms with Gasteiger partial charge in [0.1, 0.15) is 5.75 Å². The van der Waals surface area contributed by atoms with Crippen molar-refractivity contribution in [1.29, 1.82) is 0 Å². The lowest BCUT2D eigenvalue weighted by atomic mass is 9.68. The zero-order valence-electron chi connectivity index (χ0n) is 19.6. The summed E-state index contributed by atoms with van der Waals surface area (Å²) in [5, 5.41) is 3.10. The van der Waals surface area contributed by atoms with Gasteiger partial charge >= 0.3 is 0 Å². The second-order valence-corrected chi connectivity index (χ2v) is 9.08. The van der Waals surface area contributed by atoms with E-state index in [1.165, 1.54) is 12.1 Å². The fourth-order valence-corrected chi connectivity index (χ4v) is 5.18. The minimum atomic E-state index is -0.505. The maximum Gasteiger partial charge on any atom is 0.230 e. The lowest BCUT2D eigenvalue weighted by Gasteiger charge is -2.37. The van der Waals surface area contributed by atoms with Gasteiger partial charge in [0.2, 0.25) is 11.8 Å². The molecule has 1 aliphatic carbocycles. The summed E-state index contributed by atoms with van der Waals surface area (Å²) in [6.45, 7) is 3.49. The Labute approximate surface area is 196 Å². The highest BCUT2D eigenvalue weighted by molar-refractivity contribution is 5.89. The van der Waals surface area contributed by atoms with E-state index in [4.69, 9.17) is 4.74 Å². The van der Waals surface area contributed by atoms with Crippen LogP contribution in [-0.2, 0) is 15.0 Å². The highest BCUT2D eigenvalue weighted by Gasteiger charge is 2.41. The molecule has 2 aliphatic rings.